The van der Waals surface area contributed by atoms with Crippen molar-refractivity contribution in [3.63, 3.8) is 0 Å². The minimum Gasteiger partial charge on any atom is -0.490 e. The molecule has 0 spiro atoms. The van der Waals surface area contributed by atoms with Gasteiger partial charge in [0.25, 0.3) is 0 Å². The van der Waals surface area contributed by atoms with Crippen molar-refractivity contribution in [2.45, 2.75) is 0 Å². The third-order valence-corrected chi connectivity index (χ3v) is 2.68. The van der Waals surface area contributed by atoms with Crippen LogP contribution in [0, 0.1) is 0 Å². The van der Waals surface area contributed by atoms with Gasteiger partial charge in [0.2, 0.25) is 0 Å². The zero-order valence-electron chi connectivity index (χ0n) is 11.4. The number of ether oxygens (including phenoxy) is 2. The first-order valence-corrected chi connectivity index (χ1v) is 6.56. The van der Waals surface area contributed by atoms with Crippen LogP contribution in [-0.4, -0.2) is 24.3 Å². The highest BCUT2D eigenvalue weighted by atomic mass is 16.5. The summed E-state index contributed by atoms with van der Waals surface area (Å²) in [4.78, 5) is 10.6. The first kappa shape index (κ1) is 14.7. The molecule has 0 unspecified atom stereocenters. The molecule has 0 saturated heterocycles. The smallest absolute Gasteiger partial charge is 0.328 e. The van der Waals surface area contributed by atoms with Gasteiger partial charge in [-0.1, -0.05) is 36.4 Å². The normalized spacial score (nSPS) is 10.5. The lowest BCUT2D eigenvalue weighted by molar-refractivity contribution is -0.131. The Morgan fingerprint density at radius 1 is 0.952 bits per heavy atom. The standard InChI is InChI=1S/C17H16O4/c18-17(19)11-10-14-6-4-5-9-16(14)21-13-12-20-15-7-2-1-3-8-15/h1-11H,12-13H2,(H,18,19)/b11-10-. The molecule has 0 amide bonds. The monoisotopic (exact) mass is 284 g/mol. The number of hydrogen-bond donors (Lipinski definition) is 1. The number of carboxylic acid groups (broad SMARTS) is 1. The number of carbonyl (C=O) groups is 1. The minimum absolute atomic E-state index is 0.382. The van der Waals surface area contributed by atoms with E-state index in [1.165, 1.54) is 6.08 Å². The Bertz CT molecular complexity index is 605. The first-order chi connectivity index (χ1) is 10.3. The second-order valence-corrected chi connectivity index (χ2v) is 4.22. The maximum Gasteiger partial charge on any atom is 0.328 e. The van der Waals surface area contributed by atoms with Crippen molar-refractivity contribution in [2.75, 3.05) is 13.2 Å². The van der Waals surface area contributed by atoms with Crippen LogP contribution in [0.15, 0.2) is 60.7 Å². The summed E-state index contributed by atoms with van der Waals surface area (Å²) in [5.41, 5.74) is 0.722. The molecule has 0 aliphatic carbocycles. The molecular formula is C17H16O4. The van der Waals surface area contributed by atoms with Crippen LogP contribution >= 0.6 is 0 Å². The third-order valence-electron chi connectivity index (χ3n) is 2.68. The van der Waals surface area contributed by atoms with Gasteiger partial charge in [-0.3, -0.25) is 0 Å². The Morgan fingerprint density at radius 2 is 1.62 bits per heavy atom. The van der Waals surface area contributed by atoms with Crippen LogP contribution < -0.4 is 9.47 Å². The second kappa shape index (κ2) is 7.75. The van der Waals surface area contributed by atoms with Gasteiger partial charge in [-0.05, 0) is 24.3 Å². The third kappa shape index (κ3) is 5.03. The molecular weight excluding hydrogens is 268 g/mol. The molecule has 0 radical (unpaired) electrons. The SMILES string of the molecule is O=C(O)/C=C\c1ccccc1OCCOc1ccccc1. The number of rotatable bonds is 7. The van der Waals surface area contributed by atoms with E-state index in [0.29, 0.717) is 19.0 Å². The van der Waals surface area contributed by atoms with E-state index in [0.717, 1.165) is 17.4 Å². The van der Waals surface area contributed by atoms with E-state index in [9.17, 15) is 4.79 Å². The van der Waals surface area contributed by atoms with Crippen LogP contribution in [0.1, 0.15) is 5.56 Å². The highest BCUT2D eigenvalue weighted by molar-refractivity contribution is 5.85. The van der Waals surface area contributed by atoms with Gasteiger partial charge in [0, 0.05) is 11.6 Å². The van der Waals surface area contributed by atoms with Crippen LogP contribution in [0.2, 0.25) is 0 Å². The van der Waals surface area contributed by atoms with Crippen LogP contribution in [0.5, 0.6) is 11.5 Å². The Hall–Kier alpha value is -2.75. The molecule has 0 bridgehead atoms. The summed E-state index contributed by atoms with van der Waals surface area (Å²) in [5.74, 6) is 0.434. The maximum absolute atomic E-state index is 10.6. The molecule has 0 fully saturated rings. The molecule has 0 aliphatic rings. The number of para-hydroxylation sites is 2. The van der Waals surface area contributed by atoms with Gasteiger partial charge >= 0.3 is 5.97 Å². The van der Waals surface area contributed by atoms with Crippen molar-refractivity contribution >= 4 is 12.0 Å². The summed E-state index contributed by atoms with van der Waals surface area (Å²) >= 11 is 0. The lowest BCUT2D eigenvalue weighted by Gasteiger charge is -2.10. The Balaban J connectivity index is 1.87. The largest absolute Gasteiger partial charge is 0.490 e. The minimum atomic E-state index is -0.989. The fourth-order valence-electron chi connectivity index (χ4n) is 1.74. The zero-order chi connectivity index (χ0) is 14.9. The van der Waals surface area contributed by atoms with Crippen LogP contribution in [0.3, 0.4) is 0 Å². The van der Waals surface area contributed by atoms with Crippen molar-refractivity contribution in [2.24, 2.45) is 0 Å². The average Bonchev–Trinajstić information content (AvgIpc) is 2.51. The van der Waals surface area contributed by atoms with Crippen molar-refractivity contribution in [1.82, 2.24) is 0 Å². The molecule has 108 valence electrons. The molecule has 4 heteroatoms. The van der Waals surface area contributed by atoms with Crippen LogP contribution in [-0.2, 0) is 4.79 Å². The Labute approximate surface area is 123 Å². The topological polar surface area (TPSA) is 55.8 Å². The van der Waals surface area contributed by atoms with Gasteiger partial charge in [0.05, 0.1) is 0 Å². The predicted molar refractivity (Wildman–Crippen MR) is 80.5 cm³/mol. The van der Waals surface area contributed by atoms with Gasteiger partial charge in [-0.15, -0.1) is 0 Å². The molecule has 2 aromatic rings. The predicted octanol–water partition coefficient (Wildman–Crippen LogP) is 3.24. The summed E-state index contributed by atoms with van der Waals surface area (Å²) < 4.78 is 11.2. The summed E-state index contributed by atoms with van der Waals surface area (Å²) in [7, 11) is 0. The highest BCUT2D eigenvalue weighted by Crippen LogP contribution is 2.19. The van der Waals surface area contributed by atoms with E-state index in [4.69, 9.17) is 14.6 Å². The van der Waals surface area contributed by atoms with E-state index in [2.05, 4.69) is 0 Å². The number of hydrogen-bond acceptors (Lipinski definition) is 3. The van der Waals surface area contributed by atoms with Crippen LogP contribution in [0.4, 0.5) is 0 Å². The number of benzene rings is 2. The van der Waals surface area contributed by atoms with Crippen molar-refractivity contribution < 1.29 is 19.4 Å². The lowest BCUT2D eigenvalue weighted by atomic mass is 10.2. The Kier molecular flexibility index (Phi) is 5.41. The van der Waals surface area contributed by atoms with Gasteiger partial charge in [0.1, 0.15) is 24.7 Å². The van der Waals surface area contributed by atoms with Gasteiger partial charge < -0.3 is 14.6 Å². The molecule has 1 N–H and O–H groups in total. The van der Waals surface area contributed by atoms with Crippen molar-refractivity contribution in [3.05, 3.63) is 66.2 Å². The molecule has 0 atom stereocenters. The average molecular weight is 284 g/mol. The van der Waals surface area contributed by atoms with Crippen molar-refractivity contribution in [1.29, 1.82) is 0 Å². The highest BCUT2D eigenvalue weighted by Gasteiger charge is 2.00. The molecule has 2 aromatic carbocycles. The number of carboxylic acids is 1. The zero-order valence-corrected chi connectivity index (χ0v) is 11.4. The second-order valence-electron chi connectivity index (χ2n) is 4.22. The van der Waals surface area contributed by atoms with E-state index in [1.54, 1.807) is 12.1 Å². The lowest BCUT2D eigenvalue weighted by Crippen LogP contribution is -2.09. The van der Waals surface area contributed by atoms with E-state index in [-0.39, 0.29) is 0 Å². The van der Waals surface area contributed by atoms with Crippen LogP contribution in [0.25, 0.3) is 6.08 Å². The fourth-order valence-corrected chi connectivity index (χ4v) is 1.74. The molecule has 0 saturated carbocycles. The summed E-state index contributed by atoms with van der Waals surface area (Å²) in [6.07, 6.45) is 2.60. The Morgan fingerprint density at radius 3 is 2.38 bits per heavy atom. The molecule has 2 rings (SSSR count). The van der Waals surface area contributed by atoms with Gasteiger partial charge in [-0.25, -0.2) is 4.79 Å². The molecule has 4 nitrogen and oxygen atoms in total. The van der Waals surface area contributed by atoms with E-state index < -0.39 is 5.97 Å². The summed E-state index contributed by atoms with van der Waals surface area (Å²) in [6.45, 7) is 0.799. The fraction of sp³-hybridized carbons (Fsp3) is 0.118. The first-order valence-electron chi connectivity index (χ1n) is 6.56. The van der Waals surface area contributed by atoms with Gasteiger partial charge in [-0.2, -0.15) is 0 Å². The van der Waals surface area contributed by atoms with E-state index >= 15 is 0 Å². The van der Waals surface area contributed by atoms with Gasteiger partial charge in [0.15, 0.2) is 0 Å². The van der Waals surface area contributed by atoms with Crippen molar-refractivity contribution in [3.8, 4) is 11.5 Å². The maximum atomic E-state index is 10.6. The molecule has 0 aromatic heterocycles. The van der Waals surface area contributed by atoms with E-state index in [1.807, 2.05) is 42.5 Å². The molecule has 0 heterocycles. The summed E-state index contributed by atoms with van der Waals surface area (Å²) in [6, 6.07) is 16.8. The molecule has 21 heavy (non-hydrogen) atoms. The molecule has 0 aliphatic heterocycles. The quantitative estimate of drug-likeness (QED) is 0.626. The summed E-state index contributed by atoms with van der Waals surface area (Å²) in [5, 5.41) is 8.66. The number of aliphatic carboxylic acids is 1.